The van der Waals surface area contributed by atoms with E-state index in [9.17, 15) is 14.7 Å². The van der Waals surface area contributed by atoms with Gasteiger partial charge in [0.2, 0.25) is 0 Å². The highest BCUT2D eigenvalue weighted by Crippen LogP contribution is 2.26. The van der Waals surface area contributed by atoms with Crippen LogP contribution >= 0.6 is 0 Å². The molecule has 0 aliphatic carbocycles. The molecule has 116 valence electrons. The van der Waals surface area contributed by atoms with Gasteiger partial charge in [0.25, 0.3) is 5.91 Å². The third-order valence-corrected chi connectivity index (χ3v) is 4.41. The molecule has 2 atom stereocenters. The van der Waals surface area contributed by atoms with Crippen LogP contribution in [-0.2, 0) is 4.79 Å². The van der Waals surface area contributed by atoms with Crippen LogP contribution in [0.2, 0.25) is 0 Å². The minimum atomic E-state index is -0.851. The number of hydrogen-bond donors (Lipinski definition) is 1. The van der Waals surface area contributed by atoms with Gasteiger partial charge < -0.3 is 10.0 Å². The first kappa shape index (κ1) is 14.5. The highest BCUT2D eigenvalue weighted by atomic mass is 16.4. The first-order chi connectivity index (χ1) is 10.4. The van der Waals surface area contributed by atoms with Crippen LogP contribution in [0.25, 0.3) is 5.65 Å². The lowest BCUT2D eigenvalue weighted by Crippen LogP contribution is -2.38. The minimum Gasteiger partial charge on any atom is -0.481 e. The molecule has 0 saturated carbocycles. The van der Waals surface area contributed by atoms with E-state index in [2.05, 4.69) is 10.1 Å². The van der Waals surface area contributed by atoms with Gasteiger partial charge in [-0.3, -0.25) is 9.59 Å². The Balaban J connectivity index is 1.96. The second-order valence-electron chi connectivity index (χ2n) is 5.79. The van der Waals surface area contributed by atoms with Crippen LogP contribution in [0.4, 0.5) is 0 Å². The number of rotatable bonds is 2. The molecular formula is C15H18N4O3. The molecule has 1 amide bonds. The SMILES string of the molecule is Cc1cc2ncc(C(=O)N3CCC(C(=O)O)C3C)c(C)n2n1. The molecule has 0 bridgehead atoms. The number of likely N-dealkylation sites (tertiary alicyclic amines) is 1. The minimum absolute atomic E-state index is 0.184. The summed E-state index contributed by atoms with van der Waals surface area (Å²) in [5.74, 6) is -1.54. The van der Waals surface area contributed by atoms with Gasteiger partial charge in [0.1, 0.15) is 0 Å². The van der Waals surface area contributed by atoms with Gasteiger partial charge in [-0.15, -0.1) is 0 Å². The lowest BCUT2D eigenvalue weighted by molar-refractivity contribution is -0.142. The predicted molar refractivity (Wildman–Crippen MR) is 78.7 cm³/mol. The molecule has 0 spiro atoms. The average Bonchev–Trinajstić information content (AvgIpc) is 3.01. The third kappa shape index (κ3) is 2.13. The molecule has 2 aromatic rings. The molecule has 3 rings (SSSR count). The molecule has 2 aromatic heterocycles. The molecule has 1 aliphatic rings. The van der Waals surface area contributed by atoms with Crippen molar-refractivity contribution in [2.45, 2.75) is 33.2 Å². The number of carboxylic acid groups (broad SMARTS) is 1. The Hall–Kier alpha value is -2.44. The molecule has 0 radical (unpaired) electrons. The van der Waals surface area contributed by atoms with Crippen LogP contribution in [0.15, 0.2) is 12.3 Å². The van der Waals surface area contributed by atoms with Crippen molar-refractivity contribution >= 4 is 17.5 Å². The van der Waals surface area contributed by atoms with Crippen molar-refractivity contribution < 1.29 is 14.7 Å². The van der Waals surface area contributed by atoms with Gasteiger partial charge in [-0.25, -0.2) is 9.50 Å². The molecule has 1 saturated heterocycles. The first-order valence-corrected chi connectivity index (χ1v) is 7.26. The summed E-state index contributed by atoms with van der Waals surface area (Å²) in [6.45, 7) is 5.93. The van der Waals surface area contributed by atoms with Crippen LogP contribution in [0.5, 0.6) is 0 Å². The Morgan fingerprint density at radius 1 is 1.36 bits per heavy atom. The van der Waals surface area contributed by atoms with Crippen LogP contribution in [-0.4, -0.2) is 49.1 Å². The molecule has 7 nitrogen and oxygen atoms in total. The number of nitrogens with zero attached hydrogens (tertiary/aromatic N) is 4. The maximum absolute atomic E-state index is 12.7. The zero-order valence-corrected chi connectivity index (χ0v) is 12.8. The normalized spacial score (nSPS) is 21.5. The maximum Gasteiger partial charge on any atom is 0.308 e. The number of hydrogen-bond acceptors (Lipinski definition) is 4. The highest BCUT2D eigenvalue weighted by molar-refractivity contribution is 5.96. The summed E-state index contributed by atoms with van der Waals surface area (Å²) >= 11 is 0. The molecule has 3 heterocycles. The quantitative estimate of drug-likeness (QED) is 0.903. The van der Waals surface area contributed by atoms with Gasteiger partial charge in [0.05, 0.1) is 22.9 Å². The molecule has 1 aliphatic heterocycles. The molecule has 22 heavy (non-hydrogen) atoms. The number of carbonyl (C=O) groups is 2. The van der Waals surface area contributed by atoms with Crippen molar-refractivity contribution in [2.75, 3.05) is 6.54 Å². The Bertz CT molecular complexity index is 767. The summed E-state index contributed by atoms with van der Waals surface area (Å²) < 4.78 is 1.65. The number of amides is 1. The number of aromatic nitrogens is 3. The van der Waals surface area contributed by atoms with E-state index < -0.39 is 11.9 Å². The fraction of sp³-hybridized carbons (Fsp3) is 0.467. The van der Waals surface area contributed by atoms with E-state index in [0.29, 0.717) is 29.9 Å². The lowest BCUT2D eigenvalue weighted by Gasteiger charge is -2.23. The van der Waals surface area contributed by atoms with E-state index in [0.717, 1.165) is 5.69 Å². The monoisotopic (exact) mass is 302 g/mol. The molecule has 1 fully saturated rings. The summed E-state index contributed by atoms with van der Waals surface area (Å²) in [5.41, 5.74) is 2.72. The summed E-state index contributed by atoms with van der Waals surface area (Å²) in [6, 6.07) is 1.53. The Morgan fingerprint density at radius 3 is 2.73 bits per heavy atom. The Kier molecular flexibility index (Phi) is 3.35. The van der Waals surface area contributed by atoms with Crippen LogP contribution in [0.3, 0.4) is 0 Å². The summed E-state index contributed by atoms with van der Waals surface area (Å²) in [4.78, 5) is 29.8. The van der Waals surface area contributed by atoms with Gasteiger partial charge in [0, 0.05) is 24.8 Å². The van der Waals surface area contributed by atoms with E-state index >= 15 is 0 Å². The smallest absolute Gasteiger partial charge is 0.308 e. The summed E-state index contributed by atoms with van der Waals surface area (Å²) in [7, 11) is 0. The summed E-state index contributed by atoms with van der Waals surface area (Å²) in [5, 5.41) is 13.5. The van der Waals surface area contributed by atoms with Crippen LogP contribution < -0.4 is 0 Å². The first-order valence-electron chi connectivity index (χ1n) is 7.26. The van der Waals surface area contributed by atoms with Gasteiger partial charge in [-0.2, -0.15) is 5.10 Å². The number of carbonyl (C=O) groups excluding carboxylic acids is 1. The molecule has 2 unspecified atom stereocenters. The Labute approximate surface area is 127 Å². The van der Waals surface area contributed by atoms with Crippen molar-refractivity contribution in [1.82, 2.24) is 19.5 Å². The zero-order valence-electron chi connectivity index (χ0n) is 12.8. The standard InChI is InChI=1S/C15H18N4O3/c1-8-6-13-16-7-12(10(3)19(13)17-8)14(20)18-5-4-11(9(18)2)15(21)22/h6-7,9,11H,4-5H2,1-3H3,(H,21,22). The average molecular weight is 302 g/mol. The van der Waals surface area contributed by atoms with E-state index in [1.807, 2.05) is 19.9 Å². The largest absolute Gasteiger partial charge is 0.481 e. The number of fused-ring (bicyclic) bond motifs is 1. The molecule has 7 heteroatoms. The topological polar surface area (TPSA) is 87.8 Å². The fourth-order valence-corrected chi connectivity index (χ4v) is 3.08. The predicted octanol–water partition coefficient (Wildman–Crippen LogP) is 1.28. The second-order valence-corrected chi connectivity index (χ2v) is 5.79. The molecule has 1 N–H and O–H groups in total. The van der Waals surface area contributed by atoms with Gasteiger partial charge in [0.15, 0.2) is 5.65 Å². The fourth-order valence-electron chi connectivity index (χ4n) is 3.08. The number of aliphatic carboxylic acids is 1. The maximum atomic E-state index is 12.7. The number of aryl methyl sites for hydroxylation is 2. The third-order valence-electron chi connectivity index (χ3n) is 4.41. The Morgan fingerprint density at radius 2 is 2.09 bits per heavy atom. The van der Waals surface area contributed by atoms with Crippen LogP contribution in [0.1, 0.15) is 35.1 Å². The highest BCUT2D eigenvalue weighted by Gasteiger charge is 2.38. The van der Waals surface area contributed by atoms with E-state index in [1.54, 1.807) is 22.5 Å². The number of carboxylic acids is 1. The van der Waals surface area contributed by atoms with Crippen molar-refractivity contribution in [3.05, 3.63) is 29.2 Å². The van der Waals surface area contributed by atoms with Gasteiger partial charge >= 0.3 is 5.97 Å². The second kappa shape index (κ2) is 5.08. The van der Waals surface area contributed by atoms with E-state index in [-0.39, 0.29) is 11.9 Å². The lowest BCUT2D eigenvalue weighted by atomic mass is 10.0. The van der Waals surface area contributed by atoms with E-state index in [4.69, 9.17) is 0 Å². The van der Waals surface area contributed by atoms with Crippen molar-refractivity contribution in [3.63, 3.8) is 0 Å². The summed E-state index contributed by atoms with van der Waals surface area (Å²) in [6.07, 6.45) is 2.03. The van der Waals surface area contributed by atoms with Crippen molar-refractivity contribution in [2.24, 2.45) is 5.92 Å². The van der Waals surface area contributed by atoms with Crippen molar-refractivity contribution in [1.29, 1.82) is 0 Å². The van der Waals surface area contributed by atoms with E-state index in [1.165, 1.54) is 0 Å². The van der Waals surface area contributed by atoms with Gasteiger partial charge in [-0.05, 0) is 27.2 Å². The van der Waals surface area contributed by atoms with Gasteiger partial charge in [-0.1, -0.05) is 0 Å². The molecule has 0 aromatic carbocycles. The van der Waals surface area contributed by atoms with Crippen LogP contribution in [0, 0.1) is 19.8 Å². The van der Waals surface area contributed by atoms with Crippen molar-refractivity contribution in [3.8, 4) is 0 Å². The zero-order chi connectivity index (χ0) is 16.0. The molecular weight excluding hydrogens is 284 g/mol.